The maximum absolute atomic E-state index is 11.9. The van der Waals surface area contributed by atoms with E-state index < -0.39 is 0 Å². The highest BCUT2D eigenvalue weighted by Crippen LogP contribution is 2.18. The van der Waals surface area contributed by atoms with E-state index in [4.69, 9.17) is 5.73 Å². The van der Waals surface area contributed by atoms with Crippen LogP contribution in [0.1, 0.15) is 48.8 Å². The number of H-pyrrole nitrogens is 1. The van der Waals surface area contributed by atoms with Gasteiger partial charge in [-0.25, -0.2) is 0 Å². The van der Waals surface area contributed by atoms with Crippen molar-refractivity contribution in [3.05, 3.63) is 11.4 Å². The lowest BCUT2D eigenvalue weighted by Gasteiger charge is -2.05. The zero-order chi connectivity index (χ0) is 14.5. The highest BCUT2D eigenvalue weighted by atomic mass is 16.2. The van der Waals surface area contributed by atoms with E-state index in [-0.39, 0.29) is 17.5 Å². The molecule has 2 amide bonds. The Hall–Kier alpha value is -2.05. The summed E-state index contributed by atoms with van der Waals surface area (Å²) < 4.78 is 0. The number of hydrogen-bond donors (Lipinski definition) is 4. The first-order valence-electron chi connectivity index (χ1n) is 7.02. The molecule has 1 saturated carbocycles. The van der Waals surface area contributed by atoms with E-state index in [1.807, 2.05) is 6.92 Å². The minimum Gasteiger partial charge on any atom is -0.395 e. The first-order valence-corrected chi connectivity index (χ1v) is 7.02. The van der Waals surface area contributed by atoms with Crippen molar-refractivity contribution >= 4 is 17.5 Å². The highest BCUT2D eigenvalue weighted by molar-refractivity contribution is 5.97. The Morgan fingerprint density at radius 3 is 2.80 bits per heavy atom. The van der Waals surface area contributed by atoms with Crippen molar-refractivity contribution in [3.63, 3.8) is 0 Å². The van der Waals surface area contributed by atoms with Gasteiger partial charge in [0.1, 0.15) is 0 Å². The number of aromatic amines is 1. The van der Waals surface area contributed by atoms with Crippen molar-refractivity contribution in [1.82, 2.24) is 20.8 Å². The number of anilines is 1. The van der Waals surface area contributed by atoms with Gasteiger partial charge in [0.05, 0.1) is 11.4 Å². The number of amides is 2. The van der Waals surface area contributed by atoms with Crippen molar-refractivity contribution < 1.29 is 9.59 Å². The SMILES string of the molecule is CCc1[nH]nc(C(=O)NCCCC(=O)NC2CC2)c1N. The molecule has 1 aliphatic rings. The lowest BCUT2D eigenvalue weighted by molar-refractivity contribution is -0.121. The van der Waals surface area contributed by atoms with Crippen LogP contribution in [0.3, 0.4) is 0 Å². The van der Waals surface area contributed by atoms with Crippen LogP contribution in [0.2, 0.25) is 0 Å². The van der Waals surface area contributed by atoms with Crippen molar-refractivity contribution in [2.75, 3.05) is 12.3 Å². The summed E-state index contributed by atoms with van der Waals surface area (Å²) in [7, 11) is 0. The Labute approximate surface area is 117 Å². The molecule has 5 N–H and O–H groups in total. The van der Waals surface area contributed by atoms with Gasteiger partial charge >= 0.3 is 0 Å². The smallest absolute Gasteiger partial charge is 0.273 e. The van der Waals surface area contributed by atoms with Crippen LogP contribution in [0.25, 0.3) is 0 Å². The molecule has 1 aliphatic carbocycles. The number of rotatable bonds is 7. The van der Waals surface area contributed by atoms with Gasteiger partial charge in [-0.3, -0.25) is 14.7 Å². The zero-order valence-corrected chi connectivity index (χ0v) is 11.7. The topological polar surface area (TPSA) is 113 Å². The fourth-order valence-corrected chi connectivity index (χ4v) is 1.89. The van der Waals surface area contributed by atoms with Crippen LogP contribution in [0.5, 0.6) is 0 Å². The lowest BCUT2D eigenvalue weighted by atomic mass is 10.2. The molecule has 0 atom stereocenters. The van der Waals surface area contributed by atoms with Crippen molar-refractivity contribution in [2.24, 2.45) is 0 Å². The largest absolute Gasteiger partial charge is 0.395 e. The summed E-state index contributed by atoms with van der Waals surface area (Å²) in [4.78, 5) is 23.3. The fourth-order valence-electron chi connectivity index (χ4n) is 1.89. The van der Waals surface area contributed by atoms with Gasteiger partial charge in [-0.2, -0.15) is 5.10 Å². The Bertz CT molecular complexity index is 493. The molecule has 2 rings (SSSR count). The summed E-state index contributed by atoms with van der Waals surface area (Å²) in [6.07, 6.45) is 3.90. The fraction of sp³-hybridized carbons (Fsp3) is 0.615. The summed E-state index contributed by atoms with van der Waals surface area (Å²) in [5.74, 6) is -0.254. The molecule has 0 radical (unpaired) electrons. The summed E-state index contributed by atoms with van der Waals surface area (Å²) in [6.45, 7) is 2.37. The normalized spacial score (nSPS) is 14.1. The number of nitrogens with zero attached hydrogens (tertiary/aromatic N) is 1. The second-order valence-corrected chi connectivity index (χ2v) is 5.02. The average molecular weight is 279 g/mol. The third-order valence-electron chi connectivity index (χ3n) is 3.26. The Morgan fingerprint density at radius 1 is 1.45 bits per heavy atom. The van der Waals surface area contributed by atoms with Gasteiger partial charge in [0.25, 0.3) is 5.91 Å². The van der Waals surface area contributed by atoms with Crippen LogP contribution in [0.4, 0.5) is 5.69 Å². The van der Waals surface area contributed by atoms with Crippen molar-refractivity contribution in [1.29, 1.82) is 0 Å². The molecule has 0 saturated heterocycles. The molecule has 7 nitrogen and oxygen atoms in total. The number of hydrogen-bond acceptors (Lipinski definition) is 4. The molecule has 0 spiro atoms. The van der Waals surface area contributed by atoms with Gasteiger partial charge in [0, 0.05) is 19.0 Å². The van der Waals surface area contributed by atoms with E-state index in [1.165, 1.54) is 0 Å². The molecule has 0 aromatic carbocycles. The first kappa shape index (κ1) is 14.4. The number of aromatic nitrogens is 2. The summed E-state index contributed by atoms with van der Waals surface area (Å²) >= 11 is 0. The highest BCUT2D eigenvalue weighted by Gasteiger charge is 2.22. The van der Waals surface area contributed by atoms with Crippen LogP contribution < -0.4 is 16.4 Å². The average Bonchev–Trinajstić information content (AvgIpc) is 3.15. The van der Waals surface area contributed by atoms with Gasteiger partial charge in [-0.15, -0.1) is 0 Å². The number of nitrogen functional groups attached to an aromatic ring is 1. The third kappa shape index (κ3) is 3.72. The van der Waals surface area contributed by atoms with Crippen molar-refractivity contribution in [2.45, 2.75) is 45.1 Å². The molecule has 1 heterocycles. The van der Waals surface area contributed by atoms with Crippen LogP contribution in [0.15, 0.2) is 0 Å². The maximum Gasteiger partial charge on any atom is 0.273 e. The molecule has 110 valence electrons. The summed E-state index contributed by atoms with van der Waals surface area (Å²) in [6, 6.07) is 0.383. The van der Waals surface area contributed by atoms with Crippen LogP contribution >= 0.6 is 0 Å². The third-order valence-corrected chi connectivity index (χ3v) is 3.26. The first-order chi connectivity index (χ1) is 9.61. The standard InChI is InChI=1S/C13H21N5O2/c1-2-9-11(14)12(18-17-9)13(20)15-7-3-4-10(19)16-8-5-6-8/h8H,2-7,14H2,1H3,(H,15,20)(H,16,19)(H,17,18). The number of carbonyl (C=O) groups excluding carboxylic acids is 2. The van der Waals surface area contributed by atoms with Crippen LogP contribution in [-0.2, 0) is 11.2 Å². The van der Waals surface area contributed by atoms with Gasteiger partial charge in [-0.05, 0) is 25.7 Å². The quantitative estimate of drug-likeness (QED) is 0.539. The van der Waals surface area contributed by atoms with Gasteiger partial charge in [0.2, 0.25) is 5.91 Å². The Kier molecular flexibility index (Phi) is 4.60. The van der Waals surface area contributed by atoms with E-state index in [0.29, 0.717) is 37.5 Å². The minimum atomic E-state index is -0.305. The predicted octanol–water partition coefficient (Wildman–Crippen LogP) is 0.343. The molecule has 1 fully saturated rings. The lowest BCUT2D eigenvalue weighted by Crippen LogP contribution is -2.29. The van der Waals surface area contributed by atoms with Gasteiger partial charge in [0.15, 0.2) is 5.69 Å². The molecule has 0 aliphatic heterocycles. The zero-order valence-electron chi connectivity index (χ0n) is 11.7. The molecule has 20 heavy (non-hydrogen) atoms. The minimum absolute atomic E-state index is 0.0503. The number of nitrogens with one attached hydrogen (secondary N) is 3. The van der Waals surface area contributed by atoms with E-state index in [0.717, 1.165) is 18.5 Å². The monoisotopic (exact) mass is 279 g/mol. The molecular weight excluding hydrogens is 258 g/mol. The number of carbonyl (C=O) groups is 2. The Morgan fingerprint density at radius 2 is 2.20 bits per heavy atom. The second kappa shape index (κ2) is 6.40. The van der Waals surface area contributed by atoms with E-state index in [9.17, 15) is 9.59 Å². The molecular formula is C13H21N5O2. The predicted molar refractivity (Wildman–Crippen MR) is 75.1 cm³/mol. The van der Waals surface area contributed by atoms with Crippen LogP contribution in [-0.4, -0.2) is 34.6 Å². The molecule has 0 bridgehead atoms. The number of nitrogens with two attached hydrogens (primary N) is 1. The Balaban J connectivity index is 1.69. The van der Waals surface area contributed by atoms with E-state index in [1.54, 1.807) is 0 Å². The van der Waals surface area contributed by atoms with Gasteiger partial charge < -0.3 is 16.4 Å². The van der Waals surface area contributed by atoms with Crippen molar-refractivity contribution in [3.8, 4) is 0 Å². The summed E-state index contributed by atoms with van der Waals surface area (Å²) in [5, 5.41) is 12.3. The molecule has 1 aromatic rings. The van der Waals surface area contributed by atoms with Crippen LogP contribution in [0, 0.1) is 0 Å². The molecule has 0 unspecified atom stereocenters. The van der Waals surface area contributed by atoms with Gasteiger partial charge in [-0.1, -0.05) is 6.92 Å². The molecule has 1 aromatic heterocycles. The molecule has 7 heteroatoms. The number of aryl methyl sites for hydroxylation is 1. The van der Waals surface area contributed by atoms with E-state index >= 15 is 0 Å². The second-order valence-electron chi connectivity index (χ2n) is 5.02. The van der Waals surface area contributed by atoms with E-state index in [2.05, 4.69) is 20.8 Å². The summed E-state index contributed by atoms with van der Waals surface area (Å²) in [5.41, 5.74) is 7.20. The maximum atomic E-state index is 11.9.